The van der Waals surface area contributed by atoms with E-state index in [0.717, 1.165) is 18.5 Å². The Balaban J connectivity index is 1.40. The van der Waals surface area contributed by atoms with Gasteiger partial charge in [-0.05, 0) is 31.0 Å². The van der Waals surface area contributed by atoms with Crippen LogP contribution in [0.2, 0.25) is 0 Å². The van der Waals surface area contributed by atoms with Gasteiger partial charge in [-0.2, -0.15) is 4.31 Å². The van der Waals surface area contributed by atoms with Crippen molar-refractivity contribution in [2.24, 2.45) is 5.92 Å². The van der Waals surface area contributed by atoms with Gasteiger partial charge in [0.15, 0.2) is 0 Å². The monoisotopic (exact) mass is 492 g/mol. The van der Waals surface area contributed by atoms with E-state index in [1.807, 2.05) is 4.90 Å². The van der Waals surface area contributed by atoms with Crippen molar-refractivity contribution >= 4 is 27.5 Å². The van der Waals surface area contributed by atoms with Crippen LogP contribution in [-0.4, -0.2) is 113 Å². The summed E-state index contributed by atoms with van der Waals surface area (Å²) in [5.41, 5.74) is 1.11. The molecule has 0 unspecified atom stereocenters. The Kier molecular flexibility index (Phi) is 6.79. The highest BCUT2D eigenvalue weighted by atomic mass is 32.2. The minimum Gasteiger partial charge on any atom is -0.379 e. The van der Waals surface area contributed by atoms with Gasteiger partial charge in [0.2, 0.25) is 15.9 Å². The second-order valence-electron chi connectivity index (χ2n) is 9.19. The molecule has 3 saturated heterocycles. The maximum atomic E-state index is 13.7. The number of carbonyl (C=O) groups excluding carboxylic acids is 2. The molecule has 3 aliphatic heterocycles. The number of benzene rings is 1. The molecule has 11 heteroatoms. The van der Waals surface area contributed by atoms with E-state index in [0.29, 0.717) is 84.3 Å². The number of nitrogens with zero attached hydrogens (tertiary/aromatic N) is 4. The fourth-order valence-electron chi connectivity index (χ4n) is 4.75. The maximum absolute atomic E-state index is 13.7. The number of piperazine rings is 1. The molecule has 10 nitrogen and oxygen atoms in total. The molecule has 0 atom stereocenters. The van der Waals surface area contributed by atoms with Crippen LogP contribution in [0.3, 0.4) is 0 Å². The van der Waals surface area contributed by atoms with Crippen molar-refractivity contribution in [1.29, 1.82) is 0 Å². The highest BCUT2D eigenvalue weighted by Gasteiger charge is 2.36. The fraction of sp³-hybridized carbons (Fsp3) is 0.652. The van der Waals surface area contributed by atoms with E-state index in [2.05, 4.69) is 4.90 Å². The first-order valence-corrected chi connectivity index (χ1v) is 13.5. The van der Waals surface area contributed by atoms with Gasteiger partial charge in [-0.15, -0.1) is 0 Å². The normalized spacial score (nSPS) is 22.6. The summed E-state index contributed by atoms with van der Waals surface area (Å²) < 4.78 is 38.7. The van der Waals surface area contributed by atoms with Crippen molar-refractivity contribution in [3.05, 3.63) is 23.8 Å². The number of hydrogen-bond donors (Lipinski definition) is 0. The molecule has 3 heterocycles. The van der Waals surface area contributed by atoms with Gasteiger partial charge in [0.1, 0.15) is 0 Å². The van der Waals surface area contributed by atoms with Crippen molar-refractivity contribution in [2.45, 2.75) is 17.7 Å². The van der Waals surface area contributed by atoms with Crippen LogP contribution in [0.25, 0.3) is 0 Å². The quantitative estimate of drug-likeness (QED) is 0.581. The van der Waals surface area contributed by atoms with E-state index in [-0.39, 0.29) is 22.6 Å². The second kappa shape index (κ2) is 9.80. The van der Waals surface area contributed by atoms with Crippen LogP contribution >= 0.6 is 0 Å². The molecule has 0 N–H and O–H groups in total. The summed E-state index contributed by atoms with van der Waals surface area (Å²) in [6, 6.07) is 4.87. The van der Waals surface area contributed by atoms with Crippen LogP contribution in [0.1, 0.15) is 23.2 Å². The minimum atomic E-state index is -3.73. The average Bonchev–Trinajstić information content (AvgIpc) is 3.74. The van der Waals surface area contributed by atoms with E-state index in [1.54, 1.807) is 17.0 Å². The molecule has 2 amide bonds. The van der Waals surface area contributed by atoms with Crippen LogP contribution < -0.4 is 4.90 Å². The Hall–Kier alpha value is -2.21. The number of amides is 2. The predicted molar refractivity (Wildman–Crippen MR) is 124 cm³/mol. The number of ether oxygens (including phenoxy) is 2. The molecule has 5 rings (SSSR count). The smallest absolute Gasteiger partial charge is 0.256 e. The van der Waals surface area contributed by atoms with Crippen molar-refractivity contribution in [3.63, 3.8) is 0 Å². The highest BCUT2D eigenvalue weighted by molar-refractivity contribution is 7.89. The van der Waals surface area contributed by atoms with E-state index in [9.17, 15) is 18.0 Å². The summed E-state index contributed by atoms with van der Waals surface area (Å²) in [6.45, 7) is 5.63. The zero-order valence-electron chi connectivity index (χ0n) is 19.4. The molecule has 1 aromatic carbocycles. The first-order valence-electron chi connectivity index (χ1n) is 12.1. The fourth-order valence-corrected chi connectivity index (χ4v) is 6.19. The van der Waals surface area contributed by atoms with Crippen LogP contribution in [0, 0.1) is 5.92 Å². The molecule has 4 aliphatic rings. The van der Waals surface area contributed by atoms with Gasteiger partial charge >= 0.3 is 0 Å². The standard InChI is InChI=1S/C23H32N4O6S/c28-22(18-1-2-18)25-5-7-26(8-6-25)23(29)20-17-19(34(30,31)27-11-15-33-16-12-27)3-4-21(20)24-9-13-32-14-10-24/h3-4,17-18H,1-2,5-16H2. The second-order valence-corrected chi connectivity index (χ2v) is 11.1. The number of rotatable bonds is 5. The Bertz CT molecular complexity index is 1020. The molecule has 4 fully saturated rings. The molecule has 0 radical (unpaired) electrons. The summed E-state index contributed by atoms with van der Waals surface area (Å²) in [7, 11) is -3.73. The van der Waals surface area contributed by atoms with Gasteiger partial charge in [-0.1, -0.05) is 0 Å². The topological polar surface area (TPSA) is 99.7 Å². The third-order valence-electron chi connectivity index (χ3n) is 6.96. The molecule has 1 aliphatic carbocycles. The highest BCUT2D eigenvalue weighted by Crippen LogP contribution is 2.32. The van der Waals surface area contributed by atoms with Gasteiger partial charge < -0.3 is 24.2 Å². The summed E-state index contributed by atoms with van der Waals surface area (Å²) in [5, 5.41) is 0. The summed E-state index contributed by atoms with van der Waals surface area (Å²) in [5.74, 6) is 0.163. The van der Waals surface area contributed by atoms with E-state index in [1.165, 1.54) is 10.4 Å². The molecule has 34 heavy (non-hydrogen) atoms. The van der Waals surface area contributed by atoms with E-state index in [4.69, 9.17) is 9.47 Å². The van der Waals surface area contributed by atoms with Crippen molar-refractivity contribution in [1.82, 2.24) is 14.1 Å². The predicted octanol–water partition coefficient (Wildman–Crippen LogP) is 0.239. The van der Waals surface area contributed by atoms with E-state index >= 15 is 0 Å². The maximum Gasteiger partial charge on any atom is 0.256 e. The molecule has 0 aromatic heterocycles. The first-order chi connectivity index (χ1) is 16.4. The van der Waals surface area contributed by atoms with Crippen molar-refractivity contribution in [2.75, 3.05) is 83.7 Å². The lowest BCUT2D eigenvalue weighted by Gasteiger charge is -2.36. The largest absolute Gasteiger partial charge is 0.379 e. The average molecular weight is 493 g/mol. The Morgan fingerprint density at radius 2 is 1.38 bits per heavy atom. The Morgan fingerprint density at radius 3 is 2.00 bits per heavy atom. The lowest BCUT2D eigenvalue weighted by Crippen LogP contribution is -2.51. The van der Waals surface area contributed by atoms with Crippen LogP contribution in [0.4, 0.5) is 5.69 Å². The third kappa shape index (κ3) is 4.79. The molecular weight excluding hydrogens is 460 g/mol. The first kappa shape index (κ1) is 23.5. The molecule has 0 spiro atoms. The van der Waals surface area contributed by atoms with Gasteiger partial charge in [0.05, 0.1) is 36.9 Å². The lowest BCUT2D eigenvalue weighted by atomic mass is 10.1. The SMILES string of the molecule is O=C(c1cc(S(=O)(=O)N2CCOCC2)ccc1N1CCOCC1)N1CCN(C(=O)C2CC2)CC1. The Morgan fingerprint density at radius 1 is 0.794 bits per heavy atom. The summed E-state index contributed by atoms with van der Waals surface area (Å²) in [4.78, 5) is 31.9. The number of anilines is 1. The summed E-state index contributed by atoms with van der Waals surface area (Å²) in [6.07, 6.45) is 1.93. The molecular formula is C23H32N4O6S. The molecule has 186 valence electrons. The van der Waals surface area contributed by atoms with Crippen LogP contribution in [-0.2, 0) is 24.3 Å². The molecule has 0 bridgehead atoms. The van der Waals surface area contributed by atoms with Gasteiger partial charge in [0, 0.05) is 64.0 Å². The van der Waals surface area contributed by atoms with Crippen molar-refractivity contribution in [3.8, 4) is 0 Å². The third-order valence-corrected chi connectivity index (χ3v) is 8.86. The number of sulfonamides is 1. The lowest BCUT2D eigenvalue weighted by molar-refractivity contribution is -0.134. The Labute approximate surface area is 200 Å². The number of morpholine rings is 2. The number of carbonyl (C=O) groups is 2. The van der Waals surface area contributed by atoms with Gasteiger partial charge in [0.25, 0.3) is 5.91 Å². The zero-order valence-corrected chi connectivity index (χ0v) is 20.2. The molecule has 1 saturated carbocycles. The van der Waals surface area contributed by atoms with E-state index < -0.39 is 10.0 Å². The molecule has 1 aromatic rings. The summed E-state index contributed by atoms with van der Waals surface area (Å²) >= 11 is 0. The number of hydrogen-bond acceptors (Lipinski definition) is 7. The zero-order chi connectivity index (χ0) is 23.7. The van der Waals surface area contributed by atoms with Crippen molar-refractivity contribution < 1.29 is 27.5 Å². The van der Waals surface area contributed by atoms with Gasteiger partial charge in [-0.25, -0.2) is 8.42 Å². The minimum absolute atomic E-state index is 0.123. The van der Waals surface area contributed by atoms with Crippen LogP contribution in [0.15, 0.2) is 23.1 Å². The van der Waals surface area contributed by atoms with Crippen LogP contribution in [0.5, 0.6) is 0 Å². The van der Waals surface area contributed by atoms with Gasteiger partial charge in [-0.3, -0.25) is 9.59 Å².